The Balaban J connectivity index is 3.88. The maximum Gasteiger partial charge on any atom is 0.335 e. The zero-order chi connectivity index (χ0) is 18.5. The predicted molar refractivity (Wildman–Crippen MR) is 88.5 cm³/mol. The standard InChI is InChI=1S/C17H32O7/c1-2-3-4-5-6-7-8-9-10-11-12(18)13(19)14(20)15(21)16(22)17(23)24/h13-16,19-22H,2-11H2,1H3,(H,23,24)/t13-,14+,15-,16-/m1/s1. The first-order chi connectivity index (χ1) is 11.3. The van der Waals surface area contributed by atoms with Gasteiger partial charge in [0.05, 0.1) is 0 Å². The number of carboxylic acids is 1. The van der Waals surface area contributed by atoms with Crippen LogP contribution in [0.25, 0.3) is 0 Å². The van der Waals surface area contributed by atoms with Crippen LogP contribution in [-0.4, -0.2) is 61.7 Å². The molecule has 0 rings (SSSR count). The normalized spacial score (nSPS) is 16.4. The summed E-state index contributed by atoms with van der Waals surface area (Å²) in [5.41, 5.74) is 0. The molecule has 0 aromatic carbocycles. The number of aliphatic hydroxyl groups is 4. The lowest BCUT2D eigenvalue weighted by molar-refractivity contribution is -0.165. The van der Waals surface area contributed by atoms with Gasteiger partial charge in [-0.05, 0) is 6.42 Å². The summed E-state index contributed by atoms with van der Waals surface area (Å²) in [6.07, 6.45) is 1.38. The summed E-state index contributed by atoms with van der Waals surface area (Å²) in [6.45, 7) is 2.17. The van der Waals surface area contributed by atoms with Gasteiger partial charge in [-0.25, -0.2) is 4.79 Å². The second kappa shape index (κ2) is 13.3. The fraction of sp³-hybridized carbons (Fsp3) is 0.882. The Bertz CT molecular complexity index is 359. The Labute approximate surface area is 143 Å². The number of aliphatic hydroxyl groups excluding tert-OH is 4. The molecule has 0 bridgehead atoms. The number of aliphatic carboxylic acids is 1. The third kappa shape index (κ3) is 9.32. The number of Topliss-reactive ketones (excluding diaryl/α,β-unsaturated/α-hetero) is 1. The summed E-state index contributed by atoms with van der Waals surface area (Å²) >= 11 is 0. The van der Waals surface area contributed by atoms with Crippen molar-refractivity contribution in [2.24, 2.45) is 0 Å². The molecule has 0 spiro atoms. The molecule has 0 unspecified atom stereocenters. The van der Waals surface area contributed by atoms with Gasteiger partial charge in [0.2, 0.25) is 0 Å². The maximum atomic E-state index is 11.7. The van der Waals surface area contributed by atoms with Crippen LogP contribution in [0.15, 0.2) is 0 Å². The molecule has 0 heterocycles. The summed E-state index contributed by atoms with van der Waals surface area (Å²) in [5.74, 6) is -2.40. The molecule has 142 valence electrons. The lowest BCUT2D eigenvalue weighted by atomic mass is 9.97. The largest absolute Gasteiger partial charge is 0.479 e. The van der Waals surface area contributed by atoms with Crippen molar-refractivity contribution in [3.8, 4) is 0 Å². The number of carbonyl (C=O) groups excluding carboxylic acids is 1. The molecule has 0 aromatic heterocycles. The molecule has 0 saturated carbocycles. The van der Waals surface area contributed by atoms with Gasteiger partial charge in [0.15, 0.2) is 11.9 Å². The highest BCUT2D eigenvalue weighted by atomic mass is 16.4. The molecule has 4 atom stereocenters. The van der Waals surface area contributed by atoms with Crippen LogP contribution in [0.2, 0.25) is 0 Å². The van der Waals surface area contributed by atoms with Crippen molar-refractivity contribution < 1.29 is 35.1 Å². The molecule has 5 N–H and O–H groups in total. The van der Waals surface area contributed by atoms with Gasteiger partial charge in [-0.2, -0.15) is 0 Å². The monoisotopic (exact) mass is 348 g/mol. The molecule has 0 radical (unpaired) electrons. The molecule has 7 nitrogen and oxygen atoms in total. The third-order valence-electron chi connectivity index (χ3n) is 4.11. The highest BCUT2D eigenvalue weighted by Crippen LogP contribution is 2.13. The van der Waals surface area contributed by atoms with E-state index in [-0.39, 0.29) is 6.42 Å². The van der Waals surface area contributed by atoms with Crippen LogP contribution in [0, 0.1) is 0 Å². The van der Waals surface area contributed by atoms with Crippen molar-refractivity contribution in [1.29, 1.82) is 0 Å². The zero-order valence-electron chi connectivity index (χ0n) is 14.4. The summed E-state index contributed by atoms with van der Waals surface area (Å²) in [6, 6.07) is 0. The smallest absolute Gasteiger partial charge is 0.335 e. The minimum atomic E-state index is -2.25. The first-order valence-corrected chi connectivity index (χ1v) is 8.80. The molecule has 0 saturated heterocycles. The van der Waals surface area contributed by atoms with E-state index in [9.17, 15) is 24.9 Å². The highest BCUT2D eigenvalue weighted by molar-refractivity contribution is 5.83. The molecular formula is C17H32O7. The van der Waals surface area contributed by atoms with Crippen molar-refractivity contribution in [2.75, 3.05) is 0 Å². The molecule has 0 aliphatic rings. The third-order valence-corrected chi connectivity index (χ3v) is 4.11. The number of hydrogen-bond acceptors (Lipinski definition) is 6. The zero-order valence-corrected chi connectivity index (χ0v) is 14.4. The fourth-order valence-corrected chi connectivity index (χ4v) is 2.47. The van der Waals surface area contributed by atoms with E-state index in [4.69, 9.17) is 10.2 Å². The molecule has 0 fully saturated rings. The Hall–Kier alpha value is -1.02. The van der Waals surface area contributed by atoms with Crippen LogP contribution in [0.4, 0.5) is 0 Å². The van der Waals surface area contributed by atoms with E-state index in [1.165, 1.54) is 32.1 Å². The molecule has 24 heavy (non-hydrogen) atoms. The van der Waals surface area contributed by atoms with Gasteiger partial charge in [-0.1, -0.05) is 58.3 Å². The molecule has 0 aliphatic carbocycles. The van der Waals surface area contributed by atoms with Crippen molar-refractivity contribution in [1.82, 2.24) is 0 Å². The van der Waals surface area contributed by atoms with E-state index in [0.717, 1.165) is 19.3 Å². The Morgan fingerprint density at radius 2 is 1.12 bits per heavy atom. The van der Waals surface area contributed by atoms with Crippen molar-refractivity contribution in [3.63, 3.8) is 0 Å². The van der Waals surface area contributed by atoms with E-state index in [0.29, 0.717) is 6.42 Å². The fourth-order valence-electron chi connectivity index (χ4n) is 2.47. The van der Waals surface area contributed by atoms with Crippen LogP contribution < -0.4 is 0 Å². The summed E-state index contributed by atoms with van der Waals surface area (Å²) in [5, 5.41) is 46.3. The highest BCUT2D eigenvalue weighted by Gasteiger charge is 2.36. The first kappa shape index (κ1) is 23.0. The van der Waals surface area contributed by atoms with Gasteiger partial charge in [-0.3, -0.25) is 4.79 Å². The molecule has 0 aromatic rings. The van der Waals surface area contributed by atoms with Gasteiger partial charge in [0.25, 0.3) is 0 Å². The van der Waals surface area contributed by atoms with Crippen molar-refractivity contribution >= 4 is 11.8 Å². The quantitative estimate of drug-likeness (QED) is 0.279. The Morgan fingerprint density at radius 1 is 0.708 bits per heavy atom. The van der Waals surface area contributed by atoms with Gasteiger partial charge < -0.3 is 25.5 Å². The van der Waals surface area contributed by atoms with Crippen molar-refractivity contribution in [2.45, 2.75) is 95.5 Å². The Kier molecular flexibility index (Phi) is 12.7. The summed E-state index contributed by atoms with van der Waals surface area (Å²) < 4.78 is 0. The van der Waals surface area contributed by atoms with Crippen LogP contribution in [0.1, 0.15) is 71.1 Å². The second-order valence-corrected chi connectivity index (χ2v) is 6.25. The van der Waals surface area contributed by atoms with Crippen LogP contribution >= 0.6 is 0 Å². The van der Waals surface area contributed by atoms with Crippen molar-refractivity contribution in [3.05, 3.63) is 0 Å². The SMILES string of the molecule is CCCCCCCCCCCC(=O)[C@@H](O)[C@H](O)[C@@H](O)[C@@H](O)C(=O)O. The molecular weight excluding hydrogens is 316 g/mol. The lowest BCUT2D eigenvalue weighted by Crippen LogP contribution is -2.50. The number of unbranched alkanes of at least 4 members (excludes halogenated alkanes) is 8. The van der Waals surface area contributed by atoms with Gasteiger partial charge in [0.1, 0.15) is 18.3 Å². The first-order valence-electron chi connectivity index (χ1n) is 8.80. The summed E-state index contributed by atoms with van der Waals surface area (Å²) in [4.78, 5) is 22.2. The predicted octanol–water partition coefficient (Wildman–Crippen LogP) is 1.00. The van der Waals surface area contributed by atoms with E-state index >= 15 is 0 Å². The van der Waals surface area contributed by atoms with E-state index < -0.39 is 36.2 Å². The minimum absolute atomic E-state index is 0.0456. The topological polar surface area (TPSA) is 135 Å². The maximum absolute atomic E-state index is 11.7. The summed E-state index contributed by atoms with van der Waals surface area (Å²) in [7, 11) is 0. The average molecular weight is 348 g/mol. The number of carbonyl (C=O) groups is 2. The number of carboxylic acid groups (broad SMARTS) is 1. The molecule has 0 amide bonds. The van der Waals surface area contributed by atoms with Gasteiger partial charge >= 0.3 is 5.97 Å². The molecule has 7 heteroatoms. The number of ketones is 1. The lowest BCUT2D eigenvalue weighted by Gasteiger charge is -2.23. The molecule has 0 aliphatic heterocycles. The van der Waals surface area contributed by atoms with Crippen LogP contribution in [0.5, 0.6) is 0 Å². The number of rotatable bonds is 15. The van der Waals surface area contributed by atoms with Gasteiger partial charge in [0, 0.05) is 6.42 Å². The van der Waals surface area contributed by atoms with E-state index in [1.807, 2.05) is 0 Å². The number of hydrogen-bond donors (Lipinski definition) is 5. The minimum Gasteiger partial charge on any atom is -0.479 e. The van der Waals surface area contributed by atoms with Crippen LogP contribution in [-0.2, 0) is 9.59 Å². The second-order valence-electron chi connectivity index (χ2n) is 6.25. The van der Waals surface area contributed by atoms with E-state index in [1.54, 1.807) is 0 Å². The van der Waals surface area contributed by atoms with E-state index in [2.05, 4.69) is 6.92 Å². The van der Waals surface area contributed by atoms with Crippen LogP contribution in [0.3, 0.4) is 0 Å². The van der Waals surface area contributed by atoms with Gasteiger partial charge in [-0.15, -0.1) is 0 Å². The average Bonchev–Trinajstić information content (AvgIpc) is 2.57. The Morgan fingerprint density at radius 3 is 1.58 bits per heavy atom.